The van der Waals surface area contributed by atoms with Gasteiger partial charge in [0.2, 0.25) is 5.43 Å². The maximum absolute atomic E-state index is 13.6. The summed E-state index contributed by atoms with van der Waals surface area (Å²) in [5.74, 6) is -1.05. The lowest BCUT2D eigenvalue weighted by Crippen LogP contribution is -2.18. The van der Waals surface area contributed by atoms with E-state index in [0.29, 0.717) is 6.07 Å². The molecule has 2 atom stereocenters. The van der Waals surface area contributed by atoms with Gasteiger partial charge in [0, 0.05) is 22.4 Å². The van der Waals surface area contributed by atoms with Gasteiger partial charge in [-0.15, -0.1) is 0 Å². The minimum absolute atomic E-state index is 0.0125. The Kier molecular flexibility index (Phi) is 6.56. The number of anilines is 1. The van der Waals surface area contributed by atoms with Crippen LogP contribution in [0.2, 0.25) is 0 Å². The first-order valence-electron chi connectivity index (χ1n) is 9.61. The number of alkyl halides is 3. The minimum Gasteiger partial charge on any atom is -0.609 e. The summed E-state index contributed by atoms with van der Waals surface area (Å²) in [6, 6.07) is 6.62. The third-order valence-electron chi connectivity index (χ3n) is 5.00. The summed E-state index contributed by atoms with van der Waals surface area (Å²) < 4.78 is 58.8. The molecule has 10 heteroatoms. The third kappa shape index (κ3) is 4.46. The number of para-hydroxylation sites is 1. The number of halogens is 3. The Morgan fingerprint density at radius 3 is 2.53 bits per heavy atom. The van der Waals surface area contributed by atoms with Crippen LogP contribution in [0.25, 0.3) is 11.0 Å². The molecule has 0 fully saturated rings. The quantitative estimate of drug-likeness (QED) is 0.488. The second kappa shape index (κ2) is 8.87. The molecule has 6 nitrogen and oxygen atoms in total. The summed E-state index contributed by atoms with van der Waals surface area (Å²) in [6.45, 7) is 4.50. The first-order chi connectivity index (χ1) is 15.0. The smallest absolute Gasteiger partial charge is 0.416 e. The van der Waals surface area contributed by atoms with E-state index in [9.17, 15) is 32.4 Å². The van der Waals surface area contributed by atoms with E-state index in [2.05, 4.69) is 5.32 Å². The second-order valence-electron chi connectivity index (χ2n) is 7.13. The number of benzene rings is 2. The fourth-order valence-corrected chi connectivity index (χ4v) is 4.21. The second-order valence-corrected chi connectivity index (χ2v) is 8.77. The molecule has 0 saturated carbocycles. The van der Waals surface area contributed by atoms with Gasteiger partial charge in [-0.05, 0) is 45.0 Å². The number of carboxylic acids is 1. The Bertz CT molecular complexity index is 1240. The van der Waals surface area contributed by atoms with Gasteiger partial charge in [0.15, 0.2) is 0 Å². The molecule has 2 N–H and O–H groups in total. The van der Waals surface area contributed by atoms with E-state index in [1.54, 1.807) is 13.0 Å². The van der Waals surface area contributed by atoms with E-state index in [4.69, 9.17) is 4.42 Å². The highest BCUT2D eigenvalue weighted by Crippen LogP contribution is 2.36. The number of carbonyl (C=O) groups is 1. The number of hydrogen-bond acceptors (Lipinski definition) is 5. The molecule has 2 unspecified atom stereocenters. The molecule has 0 radical (unpaired) electrons. The van der Waals surface area contributed by atoms with Crippen molar-refractivity contribution in [1.82, 2.24) is 0 Å². The summed E-state index contributed by atoms with van der Waals surface area (Å²) in [6.07, 6.45) is -4.73. The molecule has 32 heavy (non-hydrogen) atoms. The summed E-state index contributed by atoms with van der Waals surface area (Å²) in [7, 11) is 0. The van der Waals surface area contributed by atoms with Crippen LogP contribution in [0.4, 0.5) is 18.9 Å². The maximum atomic E-state index is 13.6. The molecule has 1 aromatic heterocycles. The Balaban J connectivity index is 2.27. The van der Waals surface area contributed by atoms with Crippen molar-refractivity contribution in [2.24, 2.45) is 0 Å². The molecule has 0 saturated heterocycles. The van der Waals surface area contributed by atoms with Crippen molar-refractivity contribution in [2.75, 3.05) is 11.1 Å². The molecule has 1 heterocycles. The number of rotatable bonds is 6. The van der Waals surface area contributed by atoms with Gasteiger partial charge in [-0.25, -0.2) is 4.79 Å². The van der Waals surface area contributed by atoms with E-state index in [0.717, 1.165) is 6.07 Å². The van der Waals surface area contributed by atoms with Crippen LogP contribution in [0.15, 0.2) is 50.7 Å². The highest BCUT2D eigenvalue weighted by Gasteiger charge is 2.34. The Morgan fingerprint density at radius 2 is 1.94 bits per heavy atom. The van der Waals surface area contributed by atoms with Crippen molar-refractivity contribution < 1.29 is 32.0 Å². The normalized spacial score (nSPS) is 13.7. The van der Waals surface area contributed by atoms with Crippen LogP contribution in [0.5, 0.6) is 0 Å². The van der Waals surface area contributed by atoms with E-state index in [-0.39, 0.29) is 44.2 Å². The number of fused-ring (bicyclic) bond motifs is 1. The fourth-order valence-electron chi connectivity index (χ4n) is 3.34. The van der Waals surface area contributed by atoms with Crippen LogP contribution < -0.4 is 10.7 Å². The van der Waals surface area contributed by atoms with Crippen molar-refractivity contribution in [3.63, 3.8) is 0 Å². The SMILES string of the molecule is CC[S+]([O-])c1oc2c(C(C)Nc3ccccc3C(=O)O)cc(C(F)(F)F)cc2c(=O)c1C. The molecule has 0 aliphatic rings. The number of aromatic carboxylic acids is 1. The van der Waals surface area contributed by atoms with Crippen LogP contribution in [-0.2, 0) is 17.4 Å². The van der Waals surface area contributed by atoms with Gasteiger partial charge in [0.05, 0.1) is 28.1 Å². The Labute approximate surface area is 184 Å². The van der Waals surface area contributed by atoms with Gasteiger partial charge < -0.3 is 19.4 Å². The highest BCUT2D eigenvalue weighted by molar-refractivity contribution is 7.91. The zero-order chi connectivity index (χ0) is 23.8. The first kappa shape index (κ1) is 23.7. The largest absolute Gasteiger partial charge is 0.609 e. The molecule has 0 aliphatic carbocycles. The molecule has 0 spiro atoms. The summed E-state index contributed by atoms with van der Waals surface area (Å²) in [5.41, 5.74) is -1.78. The monoisotopic (exact) mass is 467 g/mol. The average molecular weight is 467 g/mol. The molecule has 0 aliphatic heterocycles. The van der Waals surface area contributed by atoms with Crippen LogP contribution in [0.1, 0.15) is 46.9 Å². The first-order valence-corrected chi connectivity index (χ1v) is 10.9. The molecule has 3 aromatic rings. The van der Waals surface area contributed by atoms with Crippen molar-refractivity contribution in [3.8, 4) is 0 Å². The predicted molar refractivity (Wildman–Crippen MR) is 115 cm³/mol. The van der Waals surface area contributed by atoms with E-state index < -0.39 is 40.4 Å². The van der Waals surface area contributed by atoms with Gasteiger partial charge in [-0.3, -0.25) is 4.79 Å². The molecular formula is C22H20F3NO5S. The number of hydrogen-bond donors (Lipinski definition) is 2. The minimum atomic E-state index is -4.73. The van der Waals surface area contributed by atoms with Crippen LogP contribution in [0.3, 0.4) is 0 Å². The summed E-state index contributed by atoms with van der Waals surface area (Å²) in [5, 5.41) is 11.9. The van der Waals surface area contributed by atoms with E-state index in [1.807, 2.05) is 0 Å². The van der Waals surface area contributed by atoms with Gasteiger partial charge >= 0.3 is 17.2 Å². The van der Waals surface area contributed by atoms with Crippen LogP contribution >= 0.6 is 0 Å². The van der Waals surface area contributed by atoms with E-state index >= 15 is 0 Å². The van der Waals surface area contributed by atoms with Crippen molar-refractivity contribution in [1.29, 1.82) is 0 Å². The zero-order valence-corrected chi connectivity index (χ0v) is 18.2. The summed E-state index contributed by atoms with van der Waals surface area (Å²) in [4.78, 5) is 24.4. The van der Waals surface area contributed by atoms with Gasteiger partial charge in [-0.2, -0.15) is 13.2 Å². The Morgan fingerprint density at radius 1 is 1.28 bits per heavy atom. The molecule has 170 valence electrons. The van der Waals surface area contributed by atoms with E-state index in [1.165, 1.54) is 32.0 Å². The molecule has 0 amide bonds. The lowest BCUT2D eigenvalue weighted by atomic mass is 9.99. The molecule has 0 bridgehead atoms. The third-order valence-corrected chi connectivity index (χ3v) is 6.32. The van der Waals surface area contributed by atoms with Gasteiger partial charge in [0.25, 0.3) is 0 Å². The van der Waals surface area contributed by atoms with Gasteiger partial charge in [0.1, 0.15) is 11.3 Å². The standard InChI is InChI=1S/C22H20F3NO5S/c1-4-32(30)21-11(2)18(27)16-10-13(22(23,24)25)9-15(19(16)31-21)12(3)26-17-8-6-5-7-14(17)20(28)29/h5-10,12,26H,4H2,1-3H3,(H,28,29). The zero-order valence-electron chi connectivity index (χ0n) is 17.4. The van der Waals surface area contributed by atoms with Crippen LogP contribution in [-0.4, -0.2) is 21.4 Å². The lowest BCUT2D eigenvalue weighted by Gasteiger charge is -2.20. The van der Waals surface area contributed by atoms with Crippen molar-refractivity contribution in [3.05, 3.63) is 68.9 Å². The number of nitrogens with one attached hydrogen (secondary N) is 1. The highest BCUT2D eigenvalue weighted by atomic mass is 32.2. The average Bonchev–Trinajstić information content (AvgIpc) is 2.74. The predicted octanol–water partition coefficient (Wildman–Crippen LogP) is 5.12. The molecule has 3 rings (SSSR count). The lowest BCUT2D eigenvalue weighted by molar-refractivity contribution is -0.137. The Hall–Kier alpha value is -2.98. The molecular weight excluding hydrogens is 447 g/mol. The maximum Gasteiger partial charge on any atom is 0.416 e. The number of carboxylic acid groups (broad SMARTS) is 1. The van der Waals surface area contributed by atoms with Crippen molar-refractivity contribution in [2.45, 2.75) is 38.1 Å². The van der Waals surface area contributed by atoms with Gasteiger partial charge in [-0.1, -0.05) is 12.1 Å². The summed E-state index contributed by atoms with van der Waals surface area (Å²) >= 11 is -1.65. The fraction of sp³-hybridized carbons (Fsp3) is 0.273. The topological polar surface area (TPSA) is 103 Å². The van der Waals surface area contributed by atoms with Crippen molar-refractivity contribution >= 4 is 33.8 Å². The van der Waals surface area contributed by atoms with Crippen LogP contribution in [0, 0.1) is 6.92 Å². The molecule has 2 aromatic carbocycles.